The highest BCUT2D eigenvalue weighted by atomic mass is 16.5. The lowest BCUT2D eigenvalue weighted by atomic mass is 10.2. The predicted octanol–water partition coefficient (Wildman–Crippen LogP) is 0.285. The summed E-state index contributed by atoms with van der Waals surface area (Å²) in [5.74, 6) is 0.568. The first-order valence-corrected chi connectivity index (χ1v) is 5.32. The van der Waals surface area contributed by atoms with E-state index in [1.54, 1.807) is 7.11 Å². The Labute approximate surface area is 101 Å². The van der Waals surface area contributed by atoms with Crippen LogP contribution >= 0.6 is 0 Å². The molecule has 1 aromatic rings. The standard InChI is InChI=1S/C12H18N2O3/c1-16-8-11(13)12(15)14-7-9-3-5-10(17-2)6-4-9/h3-6,11H,7-8,13H2,1-2H3,(H,14,15). The number of rotatable bonds is 6. The third-order valence-electron chi connectivity index (χ3n) is 2.31. The van der Waals surface area contributed by atoms with Crippen molar-refractivity contribution in [3.63, 3.8) is 0 Å². The maximum atomic E-state index is 11.5. The molecule has 0 aliphatic rings. The van der Waals surface area contributed by atoms with Crippen LogP contribution in [0.15, 0.2) is 24.3 Å². The van der Waals surface area contributed by atoms with Gasteiger partial charge in [0.05, 0.1) is 13.7 Å². The number of hydrogen-bond acceptors (Lipinski definition) is 4. The van der Waals surface area contributed by atoms with E-state index in [1.165, 1.54) is 7.11 Å². The fraction of sp³-hybridized carbons (Fsp3) is 0.417. The summed E-state index contributed by atoms with van der Waals surface area (Å²) in [6, 6.07) is 6.84. The summed E-state index contributed by atoms with van der Waals surface area (Å²) in [6.45, 7) is 0.661. The van der Waals surface area contributed by atoms with Gasteiger partial charge in [0.15, 0.2) is 0 Å². The van der Waals surface area contributed by atoms with Gasteiger partial charge in [-0.3, -0.25) is 4.79 Å². The molecule has 0 aliphatic heterocycles. The van der Waals surface area contributed by atoms with E-state index in [9.17, 15) is 4.79 Å². The largest absolute Gasteiger partial charge is 0.497 e. The Morgan fingerprint density at radius 2 is 2.00 bits per heavy atom. The van der Waals surface area contributed by atoms with Gasteiger partial charge in [-0.25, -0.2) is 0 Å². The number of hydrogen-bond donors (Lipinski definition) is 2. The summed E-state index contributed by atoms with van der Waals surface area (Å²) < 4.78 is 9.85. The summed E-state index contributed by atoms with van der Waals surface area (Å²) in [6.07, 6.45) is 0. The topological polar surface area (TPSA) is 73.6 Å². The van der Waals surface area contributed by atoms with Crippen molar-refractivity contribution >= 4 is 5.91 Å². The normalized spacial score (nSPS) is 11.9. The van der Waals surface area contributed by atoms with Gasteiger partial charge in [0.2, 0.25) is 5.91 Å². The first kappa shape index (κ1) is 13.5. The molecule has 0 radical (unpaired) electrons. The third kappa shape index (κ3) is 4.42. The average Bonchev–Trinajstić information content (AvgIpc) is 2.36. The number of ether oxygens (including phenoxy) is 2. The molecule has 94 valence electrons. The zero-order chi connectivity index (χ0) is 12.7. The lowest BCUT2D eigenvalue weighted by Gasteiger charge is -2.11. The van der Waals surface area contributed by atoms with Gasteiger partial charge in [0.25, 0.3) is 0 Å². The van der Waals surface area contributed by atoms with Gasteiger partial charge < -0.3 is 20.5 Å². The summed E-state index contributed by atoms with van der Waals surface area (Å²) in [5, 5.41) is 2.74. The van der Waals surface area contributed by atoms with Gasteiger partial charge in [-0.2, -0.15) is 0 Å². The van der Waals surface area contributed by atoms with E-state index >= 15 is 0 Å². The second-order valence-electron chi connectivity index (χ2n) is 3.63. The first-order valence-electron chi connectivity index (χ1n) is 5.32. The zero-order valence-electron chi connectivity index (χ0n) is 10.1. The predicted molar refractivity (Wildman–Crippen MR) is 64.7 cm³/mol. The minimum Gasteiger partial charge on any atom is -0.497 e. The fourth-order valence-corrected chi connectivity index (χ4v) is 1.32. The Balaban J connectivity index is 2.41. The van der Waals surface area contributed by atoms with Crippen LogP contribution < -0.4 is 15.8 Å². The van der Waals surface area contributed by atoms with Crippen molar-refractivity contribution < 1.29 is 14.3 Å². The van der Waals surface area contributed by atoms with E-state index in [0.717, 1.165) is 11.3 Å². The van der Waals surface area contributed by atoms with E-state index < -0.39 is 6.04 Å². The Morgan fingerprint density at radius 3 is 2.53 bits per heavy atom. The second-order valence-corrected chi connectivity index (χ2v) is 3.63. The van der Waals surface area contributed by atoms with Crippen molar-refractivity contribution in [2.24, 2.45) is 5.73 Å². The summed E-state index contributed by atoms with van der Waals surface area (Å²) >= 11 is 0. The van der Waals surface area contributed by atoms with Gasteiger partial charge >= 0.3 is 0 Å². The second kappa shape index (κ2) is 6.88. The molecule has 1 atom stereocenters. The van der Waals surface area contributed by atoms with Gasteiger partial charge in [-0.1, -0.05) is 12.1 Å². The lowest BCUT2D eigenvalue weighted by Crippen LogP contribution is -2.43. The number of nitrogens with one attached hydrogen (secondary N) is 1. The Hall–Kier alpha value is -1.59. The molecule has 0 heterocycles. The molecule has 3 N–H and O–H groups in total. The molecule has 0 spiro atoms. The Kier molecular flexibility index (Phi) is 5.45. The molecule has 0 aromatic heterocycles. The monoisotopic (exact) mass is 238 g/mol. The van der Waals surface area contributed by atoms with Crippen LogP contribution in [0.1, 0.15) is 5.56 Å². The Bertz CT molecular complexity index is 351. The number of carbonyl (C=O) groups excluding carboxylic acids is 1. The zero-order valence-corrected chi connectivity index (χ0v) is 10.1. The van der Waals surface area contributed by atoms with E-state index in [4.69, 9.17) is 15.2 Å². The van der Waals surface area contributed by atoms with Gasteiger partial charge in [-0.05, 0) is 17.7 Å². The van der Waals surface area contributed by atoms with Crippen LogP contribution in [-0.4, -0.2) is 32.8 Å². The van der Waals surface area contributed by atoms with Crippen LogP contribution in [0.4, 0.5) is 0 Å². The molecule has 0 fully saturated rings. The van der Waals surface area contributed by atoms with Gasteiger partial charge in [-0.15, -0.1) is 0 Å². The highest BCUT2D eigenvalue weighted by Crippen LogP contribution is 2.10. The smallest absolute Gasteiger partial charge is 0.239 e. The van der Waals surface area contributed by atoms with Crippen molar-refractivity contribution in [1.29, 1.82) is 0 Å². The molecule has 5 heteroatoms. The van der Waals surface area contributed by atoms with Crippen LogP contribution in [0.5, 0.6) is 5.75 Å². The average molecular weight is 238 g/mol. The summed E-state index contributed by atoms with van der Waals surface area (Å²) in [5.41, 5.74) is 6.57. The first-order chi connectivity index (χ1) is 8.17. The minimum absolute atomic E-state index is 0.217. The quantitative estimate of drug-likeness (QED) is 0.747. The fourth-order valence-electron chi connectivity index (χ4n) is 1.32. The number of methoxy groups -OCH3 is 2. The lowest BCUT2D eigenvalue weighted by molar-refractivity contribution is -0.123. The van der Waals surface area contributed by atoms with Gasteiger partial charge in [0, 0.05) is 13.7 Å². The molecular weight excluding hydrogens is 220 g/mol. The van der Waals surface area contributed by atoms with Crippen molar-refractivity contribution in [2.75, 3.05) is 20.8 Å². The third-order valence-corrected chi connectivity index (χ3v) is 2.31. The van der Waals surface area contributed by atoms with E-state index in [1.807, 2.05) is 24.3 Å². The van der Waals surface area contributed by atoms with E-state index in [2.05, 4.69) is 5.32 Å². The molecule has 5 nitrogen and oxygen atoms in total. The maximum Gasteiger partial charge on any atom is 0.239 e. The summed E-state index contributed by atoms with van der Waals surface area (Å²) in [4.78, 5) is 11.5. The van der Waals surface area contributed by atoms with Crippen molar-refractivity contribution in [2.45, 2.75) is 12.6 Å². The highest BCUT2D eigenvalue weighted by molar-refractivity contribution is 5.81. The molecule has 0 saturated heterocycles. The minimum atomic E-state index is -0.627. The molecule has 0 aliphatic carbocycles. The Morgan fingerprint density at radius 1 is 1.35 bits per heavy atom. The molecule has 1 amide bonds. The van der Waals surface area contributed by atoms with Crippen LogP contribution in [0.2, 0.25) is 0 Å². The number of amides is 1. The van der Waals surface area contributed by atoms with Crippen LogP contribution in [0.25, 0.3) is 0 Å². The molecule has 0 bridgehead atoms. The van der Waals surface area contributed by atoms with Crippen LogP contribution in [0, 0.1) is 0 Å². The molecule has 1 aromatic carbocycles. The van der Waals surface area contributed by atoms with Crippen molar-refractivity contribution in [1.82, 2.24) is 5.32 Å². The van der Waals surface area contributed by atoms with Crippen LogP contribution in [0.3, 0.4) is 0 Å². The van der Waals surface area contributed by atoms with E-state index in [0.29, 0.717) is 6.54 Å². The highest BCUT2D eigenvalue weighted by Gasteiger charge is 2.11. The number of benzene rings is 1. The molecule has 1 rings (SSSR count). The van der Waals surface area contributed by atoms with Gasteiger partial charge in [0.1, 0.15) is 11.8 Å². The van der Waals surface area contributed by atoms with Crippen LogP contribution in [-0.2, 0) is 16.1 Å². The molecule has 1 unspecified atom stereocenters. The number of nitrogens with two attached hydrogens (primary N) is 1. The number of carbonyl (C=O) groups is 1. The maximum absolute atomic E-state index is 11.5. The van der Waals surface area contributed by atoms with Crippen molar-refractivity contribution in [3.8, 4) is 5.75 Å². The molecular formula is C12H18N2O3. The van der Waals surface area contributed by atoms with E-state index in [-0.39, 0.29) is 12.5 Å². The molecule has 0 saturated carbocycles. The van der Waals surface area contributed by atoms with Crippen molar-refractivity contribution in [3.05, 3.63) is 29.8 Å². The SMILES string of the molecule is COCC(N)C(=O)NCc1ccc(OC)cc1. The molecule has 17 heavy (non-hydrogen) atoms. The summed E-state index contributed by atoms with van der Waals surface area (Å²) in [7, 11) is 3.12.